The normalized spacial score (nSPS) is 17.5. The van der Waals surface area contributed by atoms with Gasteiger partial charge >= 0.3 is 12.2 Å². The van der Waals surface area contributed by atoms with Crippen LogP contribution in [0.25, 0.3) is 0 Å². The van der Waals surface area contributed by atoms with E-state index in [1.54, 1.807) is 0 Å². The number of carbonyl (C=O) groups excluding carboxylic acids is 1. The number of urea groups is 1. The topological polar surface area (TPSA) is 61.4 Å². The van der Waals surface area contributed by atoms with E-state index in [1.807, 2.05) is 0 Å². The zero-order valence-electron chi connectivity index (χ0n) is 11.3. The van der Waals surface area contributed by atoms with Crippen molar-refractivity contribution in [2.45, 2.75) is 37.5 Å². The Morgan fingerprint density at radius 2 is 1.76 bits per heavy atom. The van der Waals surface area contributed by atoms with Crippen LogP contribution in [0.5, 0.6) is 0 Å². The summed E-state index contributed by atoms with van der Waals surface area (Å²) in [7, 11) is 0. The maximum Gasteiger partial charge on any atom is 0.416 e. The second-order valence-corrected chi connectivity index (χ2v) is 5.31. The van der Waals surface area contributed by atoms with Crippen LogP contribution >= 0.6 is 0 Å². The molecular weight excluding hydrogens is 285 g/mol. The highest BCUT2D eigenvalue weighted by atomic mass is 19.4. The summed E-state index contributed by atoms with van der Waals surface area (Å²) in [4.78, 5) is 11.6. The number of carbonyl (C=O) groups is 1. The molecule has 1 aromatic rings. The van der Waals surface area contributed by atoms with Gasteiger partial charge in [0.05, 0.1) is 11.2 Å². The van der Waals surface area contributed by atoms with Crippen LogP contribution in [0.4, 0.5) is 23.7 Å². The van der Waals surface area contributed by atoms with Gasteiger partial charge in [0, 0.05) is 12.2 Å². The smallest absolute Gasteiger partial charge is 0.388 e. The number of hydrogen-bond donors (Lipinski definition) is 3. The van der Waals surface area contributed by atoms with Crippen molar-refractivity contribution in [3.05, 3.63) is 29.8 Å². The van der Waals surface area contributed by atoms with Gasteiger partial charge in [-0.3, -0.25) is 0 Å². The van der Waals surface area contributed by atoms with Gasteiger partial charge in [-0.15, -0.1) is 0 Å². The second-order valence-electron chi connectivity index (χ2n) is 5.31. The summed E-state index contributed by atoms with van der Waals surface area (Å²) in [6.45, 7) is 0.138. The van der Waals surface area contributed by atoms with Crippen molar-refractivity contribution >= 4 is 11.7 Å². The molecule has 1 fully saturated rings. The number of benzene rings is 1. The molecule has 2 amide bonds. The average molecular weight is 302 g/mol. The van der Waals surface area contributed by atoms with Crippen LogP contribution in [-0.2, 0) is 6.18 Å². The Hall–Kier alpha value is -1.76. The van der Waals surface area contributed by atoms with Gasteiger partial charge in [0.15, 0.2) is 0 Å². The van der Waals surface area contributed by atoms with E-state index in [4.69, 9.17) is 0 Å². The molecule has 4 nitrogen and oxygen atoms in total. The maximum atomic E-state index is 12.4. The van der Waals surface area contributed by atoms with E-state index in [0.29, 0.717) is 12.8 Å². The summed E-state index contributed by atoms with van der Waals surface area (Å²) in [5.74, 6) is 0. The third kappa shape index (κ3) is 4.35. The lowest BCUT2D eigenvalue weighted by atomic mass is 10.0. The molecule has 2 rings (SSSR count). The summed E-state index contributed by atoms with van der Waals surface area (Å²) < 4.78 is 37.2. The van der Waals surface area contributed by atoms with E-state index in [1.165, 1.54) is 12.1 Å². The van der Waals surface area contributed by atoms with Crippen molar-refractivity contribution < 1.29 is 23.1 Å². The van der Waals surface area contributed by atoms with Crippen molar-refractivity contribution in [1.29, 1.82) is 0 Å². The lowest BCUT2D eigenvalue weighted by Gasteiger charge is -2.22. The predicted molar refractivity (Wildman–Crippen MR) is 71.9 cm³/mol. The molecule has 0 radical (unpaired) electrons. The lowest BCUT2D eigenvalue weighted by Crippen LogP contribution is -2.42. The molecule has 1 aliphatic rings. The Labute approximate surface area is 120 Å². The van der Waals surface area contributed by atoms with Crippen LogP contribution in [0.15, 0.2) is 24.3 Å². The summed E-state index contributed by atoms with van der Waals surface area (Å²) >= 11 is 0. The van der Waals surface area contributed by atoms with Crippen LogP contribution in [0, 0.1) is 0 Å². The highest BCUT2D eigenvalue weighted by molar-refractivity contribution is 5.89. The maximum absolute atomic E-state index is 12.4. The van der Waals surface area contributed by atoms with Gasteiger partial charge in [0.25, 0.3) is 0 Å². The number of anilines is 1. The van der Waals surface area contributed by atoms with Gasteiger partial charge in [-0.1, -0.05) is 12.8 Å². The van der Waals surface area contributed by atoms with Crippen LogP contribution in [0.3, 0.4) is 0 Å². The van der Waals surface area contributed by atoms with Crippen molar-refractivity contribution in [2.75, 3.05) is 11.9 Å². The lowest BCUT2D eigenvalue weighted by molar-refractivity contribution is -0.137. The van der Waals surface area contributed by atoms with Gasteiger partial charge in [-0.05, 0) is 37.1 Å². The van der Waals surface area contributed by atoms with E-state index >= 15 is 0 Å². The van der Waals surface area contributed by atoms with Crippen LogP contribution in [0.1, 0.15) is 31.2 Å². The molecule has 7 heteroatoms. The summed E-state index contributed by atoms with van der Waals surface area (Å²) in [6, 6.07) is 3.63. The molecule has 21 heavy (non-hydrogen) atoms. The molecule has 116 valence electrons. The molecule has 0 atom stereocenters. The zero-order chi connectivity index (χ0) is 15.5. The van der Waals surface area contributed by atoms with Crippen molar-refractivity contribution in [3.8, 4) is 0 Å². The first-order chi connectivity index (χ1) is 9.78. The highest BCUT2D eigenvalue weighted by Crippen LogP contribution is 2.30. The fourth-order valence-electron chi connectivity index (χ4n) is 2.37. The van der Waals surface area contributed by atoms with Gasteiger partial charge in [-0.2, -0.15) is 13.2 Å². The van der Waals surface area contributed by atoms with Crippen LogP contribution < -0.4 is 10.6 Å². The number of aliphatic hydroxyl groups is 1. The van der Waals surface area contributed by atoms with Crippen molar-refractivity contribution in [2.24, 2.45) is 0 Å². The Morgan fingerprint density at radius 1 is 1.19 bits per heavy atom. The van der Waals surface area contributed by atoms with Crippen molar-refractivity contribution in [3.63, 3.8) is 0 Å². The zero-order valence-corrected chi connectivity index (χ0v) is 11.3. The van der Waals surface area contributed by atoms with E-state index in [9.17, 15) is 23.1 Å². The summed E-state index contributed by atoms with van der Waals surface area (Å²) in [5, 5.41) is 15.0. The minimum Gasteiger partial charge on any atom is -0.388 e. The average Bonchev–Trinajstić information content (AvgIpc) is 2.84. The molecule has 0 heterocycles. The summed E-state index contributed by atoms with van der Waals surface area (Å²) in [5.41, 5.74) is -1.37. The number of alkyl halides is 3. The molecule has 1 saturated carbocycles. The number of halogens is 3. The van der Waals surface area contributed by atoms with Gasteiger partial charge < -0.3 is 15.7 Å². The first-order valence-corrected chi connectivity index (χ1v) is 6.73. The standard InChI is InChI=1S/C14H17F3N2O2/c15-14(16,17)10-3-5-11(6-4-10)19-12(20)18-9-13(21)7-1-2-8-13/h3-6,21H,1-2,7-9H2,(H2,18,19,20). The Bertz CT molecular complexity index is 494. The second kappa shape index (κ2) is 5.93. The van der Waals surface area contributed by atoms with E-state index in [2.05, 4.69) is 10.6 Å². The number of amides is 2. The molecule has 0 aliphatic heterocycles. The van der Waals surface area contributed by atoms with Gasteiger partial charge in [0.1, 0.15) is 0 Å². The van der Waals surface area contributed by atoms with Gasteiger partial charge in [0.2, 0.25) is 0 Å². The van der Waals surface area contributed by atoms with Crippen LogP contribution in [0.2, 0.25) is 0 Å². The fourth-order valence-corrected chi connectivity index (χ4v) is 2.37. The Balaban J connectivity index is 1.85. The van der Waals surface area contributed by atoms with Crippen LogP contribution in [-0.4, -0.2) is 23.3 Å². The van der Waals surface area contributed by atoms with Gasteiger partial charge in [-0.25, -0.2) is 4.79 Å². The molecule has 1 aromatic carbocycles. The van der Waals surface area contributed by atoms with E-state index < -0.39 is 23.4 Å². The number of hydrogen-bond acceptors (Lipinski definition) is 2. The third-order valence-electron chi connectivity index (χ3n) is 3.58. The number of rotatable bonds is 3. The molecule has 3 N–H and O–H groups in total. The quantitative estimate of drug-likeness (QED) is 0.803. The van der Waals surface area contributed by atoms with E-state index in [-0.39, 0.29) is 12.2 Å². The fraction of sp³-hybridized carbons (Fsp3) is 0.500. The monoisotopic (exact) mass is 302 g/mol. The third-order valence-corrected chi connectivity index (χ3v) is 3.58. The molecule has 0 bridgehead atoms. The first kappa shape index (κ1) is 15.6. The molecule has 0 saturated heterocycles. The minimum atomic E-state index is -4.40. The minimum absolute atomic E-state index is 0.138. The first-order valence-electron chi connectivity index (χ1n) is 6.73. The van der Waals surface area contributed by atoms with E-state index in [0.717, 1.165) is 25.0 Å². The SMILES string of the molecule is O=C(NCC1(O)CCCC1)Nc1ccc(C(F)(F)F)cc1. The molecule has 1 aliphatic carbocycles. The predicted octanol–water partition coefficient (Wildman–Crippen LogP) is 3.13. The molecule has 0 unspecified atom stereocenters. The largest absolute Gasteiger partial charge is 0.416 e. The molecular formula is C14H17F3N2O2. The number of nitrogens with one attached hydrogen (secondary N) is 2. The van der Waals surface area contributed by atoms with Crippen molar-refractivity contribution in [1.82, 2.24) is 5.32 Å². The highest BCUT2D eigenvalue weighted by Gasteiger charge is 2.31. The summed E-state index contributed by atoms with van der Waals surface area (Å²) in [6.07, 6.45) is -1.24. The molecule has 0 aromatic heterocycles. The Morgan fingerprint density at radius 3 is 2.29 bits per heavy atom. The Kier molecular flexibility index (Phi) is 4.41. The molecule has 0 spiro atoms.